The fourth-order valence-electron chi connectivity index (χ4n) is 1.70. The van der Waals surface area contributed by atoms with E-state index < -0.39 is 0 Å². The summed E-state index contributed by atoms with van der Waals surface area (Å²) in [6, 6.07) is 0. The van der Waals surface area contributed by atoms with E-state index in [9.17, 15) is 0 Å². The highest BCUT2D eigenvalue weighted by molar-refractivity contribution is 5.23. The van der Waals surface area contributed by atoms with Gasteiger partial charge in [0.2, 0.25) is 5.95 Å². The first-order chi connectivity index (χ1) is 7.34. The molecule has 4 nitrogen and oxygen atoms in total. The number of aromatic nitrogens is 2. The number of rotatable bonds is 4. The molecule has 1 N–H and O–H groups in total. The van der Waals surface area contributed by atoms with Crippen LogP contribution < -0.4 is 5.32 Å². The topological polar surface area (TPSA) is 47.0 Å². The van der Waals surface area contributed by atoms with Gasteiger partial charge in [0.25, 0.3) is 0 Å². The summed E-state index contributed by atoms with van der Waals surface area (Å²) in [5.74, 6) is 0.707. The van der Waals surface area contributed by atoms with Crippen molar-refractivity contribution in [1.82, 2.24) is 9.97 Å². The van der Waals surface area contributed by atoms with Gasteiger partial charge in [0, 0.05) is 25.5 Å². The van der Waals surface area contributed by atoms with Crippen LogP contribution in [0.5, 0.6) is 0 Å². The fourth-order valence-corrected chi connectivity index (χ4v) is 1.70. The molecule has 2 heterocycles. The Morgan fingerprint density at radius 1 is 1.47 bits per heavy atom. The number of nitrogens with one attached hydrogen (secondary N) is 1. The van der Waals surface area contributed by atoms with E-state index in [1.54, 1.807) is 0 Å². The maximum Gasteiger partial charge on any atom is 0.222 e. The summed E-state index contributed by atoms with van der Waals surface area (Å²) < 4.78 is 5.53. The minimum absolute atomic E-state index is 0.433. The van der Waals surface area contributed by atoms with Crippen LogP contribution in [0, 0.1) is 6.92 Å². The number of hydrogen-bond donors (Lipinski definition) is 1. The van der Waals surface area contributed by atoms with Crippen molar-refractivity contribution in [2.45, 2.75) is 32.3 Å². The van der Waals surface area contributed by atoms with Crippen molar-refractivity contribution >= 4 is 5.95 Å². The van der Waals surface area contributed by atoms with Gasteiger partial charge in [0.15, 0.2) is 0 Å². The lowest BCUT2D eigenvalue weighted by Gasteiger charge is -2.09. The minimum Gasteiger partial charge on any atom is -0.378 e. The molecule has 15 heavy (non-hydrogen) atoms. The zero-order valence-electron chi connectivity index (χ0n) is 9.07. The molecule has 0 spiro atoms. The lowest BCUT2D eigenvalue weighted by molar-refractivity contribution is 0.107. The van der Waals surface area contributed by atoms with E-state index in [4.69, 9.17) is 4.74 Å². The highest BCUT2D eigenvalue weighted by Crippen LogP contribution is 2.14. The van der Waals surface area contributed by atoms with Gasteiger partial charge >= 0.3 is 0 Å². The predicted molar refractivity (Wildman–Crippen MR) is 58.8 cm³/mol. The van der Waals surface area contributed by atoms with Crippen molar-refractivity contribution in [3.05, 3.63) is 18.0 Å². The van der Waals surface area contributed by atoms with Gasteiger partial charge in [-0.05, 0) is 31.7 Å². The Labute approximate surface area is 90.1 Å². The summed E-state index contributed by atoms with van der Waals surface area (Å²) >= 11 is 0. The second kappa shape index (κ2) is 5.07. The maximum atomic E-state index is 5.53. The van der Waals surface area contributed by atoms with E-state index in [1.807, 2.05) is 19.3 Å². The van der Waals surface area contributed by atoms with Gasteiger partial charge in [-0.3, -0.25) is 0 Å². The molecule has 0 bridgehead atoms. The normalized spacial score (nSPS) is 20.5. The Balaban J connectivity index is 1.71. The molecule has 0 radical (unpaired) electrons. The summed E-state index contributed by atoms with van der Waals surface area (Å²) in [7, 11) is 0. The molecule has 1 aromatic heterocycles. The lowest BCUT2D eigenvalue weighted by Crippen LogP contribution is -2.13. The van der Waals surface area contributed by atoms with Gasteiger partial charge in [-0.2, -0.15) is 0 Å². The molecule has 0 aliphatic carbocycles. The summed E-state index contributed by atoms with van der Waals surface area (Å²) in [6.07, 6.45) is 7.50. The van der Waals surface area contributed by atoms with E-state index in [0.29, 0.717) is 12.1 Å². The van der Waals surface area contributed by atoms with E-state index >= 15 is 0 Å². The number of anilines is 1. The monoisotopic (exact) mass is 207 g/mol. The van der Waals surface area contributed by atoms with Crippen molar-refractivity contribution in [2.24, 2.45) is 0 Å². The smallest absolute Gasteiger partial charge is 0.222 e. The molecule has 0 amide bonds. The number of hydrogen-bond acceptors (Lipinski definition) is 4. The third-order valence-electron chi connectivity index (χ3n) is 2.55. The first-order valence-corrected chi connectivity index (χ1v) is 5.49. The second-order valence-corrected chi connectivity index (χ2v) is 3.93. The van der Waals surface area contributed by atoms with Gasteiger partial charge in [-0.1, -0.05) is 0 Å². The van der Waals surface area contributed by atoms with Crippen LogP contribution in [0.15, 0.2) is 12.4 Å². The van der Waals surface area contributed by atoms with E-state index in [-0.39, 0.29) is 0 Å². The summed E-state index contributed by atoms with van der Waals surface area (Å²) in [5.41, 5.74) is 1.08. The van der Waals surface area contributed by atoms with Gasteiger partial charge in [-0.15, -0.1) is 0 Å². The Hall–Kier alpha value is -1.16. The van der Waals surface area contributed by atoms with Gasteiger partial charge in [0.1, 0.15) is 0 Å². The molecule has 2 rings (SSSR count). The van der Waals surface area contributed by atoms with Crippen LogP contribution in [0.1, 0.15) is 24.8 Å². The Morgan fingerprint density at radius 2 is 2.27 bits per heavy atom. The number of nitrogens with zero attached hydrogens (tertiary/aromatic N) is 2. The molecule has 1 fully saturated rings. The Bertz CT molecular complexity index is 293. The third-order valence-corrected chi connectivity index (χ3v) is 2.55. The molecule has 0 aromatic carbocycles. The molecule has 1 aliphatic heterocycles. The third kappa shape index (κ3) is 3.16. The molecule has 82 valence electrons. The van der Waals surface area contributed by atoms with Crippen LogP contribution in [0.3, 0.4) is 0 Å². The minimum atomic E-state index is 0.433. The van der Waals surface area contributed by atoms with Crippen LogP contribution >= 0.6 is 0 Å². The molecule has 0 saturated carbocycles. The molecule has 1 saturated heterocycles. The molecule has 1 aliphatic rings. The van der Waals surface area contributed by atoms with E-state index in [0.717, 1.165) is 25.1 Å². The molecule has 4 heteroatoms. The summed E-state index contributed by atoms with van der Waals surface area (Å²) in [4.78, 5) is 8.36. The molecular formula is C11H17N3O. The van der Waals surface area contributed by atoms with Gasteiger partial charge in [-0.25, -0.2) is 9.97 Å². The molecule has 1 aromatic rings. The second-order valence-electron chi connectivity index (χ2n) is 3.93. The average molecular weight is 207 g/mol. The standard InChI is InChI=1S/C11H17N3O/c1-9-7-13-11(14-8-9)12-5-4-10-3-2-6-15-10/h7-8,10H,2-6H2,1H3,(H,12,13,14). The van der Waals surface area contributed by atoms with Crippen molar-refractivity contribution in [3.63, 3.8) is 0 Å². The molecular weight excluding hydrogens is 190 g/mol. The predicted octanol–water partition coefficient (Wildman–Crippen LogP) is 1.77. The van der Waals surface area contributed by atoms with Gasteiger partial charge < -0.3 is 10.1 Å². The lowest BCUT2D eigenvalue weighted by atomic mass is 10.2. The van der Waals surface area contributed by atoms with Gasteiger partial charge in [0.05, 0.1) is 6.10 Å². The van der Waals surface area contributed by atoms with Crippen molar-refractivity contribution in [1.29, 1.82) is 0 Å². The Morgan fingerprint density at radius 3 is 2.93 bits per heavy atom. The quantitative estimate of drug-likeness (QED) is 0.817. The van der Waals surface area contributed by atoms with Crippen molar-refractivity contribution < 1.29 is 4.74 Å². The molecule has 1 unspecified atom stereocenters. The summed E-state index contributed by atoms with van der Waals surface area (Å²) in [6.45, 7) is 3.79. The van der Waals surface area contributed by atoms with Crippen LogP contribution in [0.4, 0.5) is 5.95 Å². The maximum absolute atomic E-state index is 5.53. The average Bonchev–Trinajstić information content (AvgIpc) is 2.74. The zero-order valence-corrected chi connectivity index (χ0v) is 9.07. The molecule has 1 atom stereocenters. The summed E-state index contributed by atoms with van der Waals surface area (Å²) in [5, 5.41) is 3.20. The van der Waals surface area contributed by atoms with Crippen LogP contribution in [-0.4, -0.2) is 29.2 Å². The van der Waals surface area contributed by atoms with E-state index in [1.165, 1.54) is 12.8 Å². The van der Waals surface area contributed by atoms with Crippen LogP contribution in [0.25, 0.3) is 0 Å². The van der Waals surface area contributed by atoms with E-state index in [2.05, 4.69) is 15.3 Å². The van der Waals surface area contributed by atoms with Crippen molar-refractivity contribution in [2.75, 3.05) is 18.5 Å². The highest BCUT2D eigenvalue weighted by Gasteiger charge is 2.14. The highest BCUT2D eigenvalue weighted by atomic mass is 16.5. The zero-order chi connectivity index (χ0) is 10.5. The van der Waals surface area contributed by atoms with Crippen LogP contribution in [-0.2, 0) is 4.74 Å². The number of aryl methyl sites for hydroxylation is 1. The first-order valence-electron chi connectivity index (χ1n) is 5.49. The SMILES string of the molecule is Cc1cnc(NCCC2CCCO2)nc1. The largest absolute Gasteiger partial charge is 0.378 e. The van der Waals surface area contributed by atoms with Crippen LogP contribution in [0.2, 0.25) is 0 Å². The first kappa shape index (κ1) is 10.4. The van der Waals surface area contributed by atoms with Crippen molar-refractivity contribution in [3.8, 4) is 0 Å². The fraction of sp³-hybridized carbons (Fsp3) is 0.636. The number of ether oxygens (including phenoxy) is 1. The Kier molecular flexibility index (Phi) is 3.50.